The molecule has 7 heteroatoms. The van der Waals surface area contributed by atoms with Gasteiger partial charge in [0.1, 0.15) is 6.29 Å². The van der Waals surface area contributed by atoms with E-state index in [1.807, 2.05) is 13.0 Å². The largest absolute Gasteiger partial charge is 0.317 e. The highest BCUT2D eigenvalue weighted by atomic mass is 79.9. The summed E-state index contributed by atoms with van der Waals surface area (Å²) in [6, 6.07) is 1.84. The summed E-state index contributed by atoms with van der Waals surface area (Å²) in [4.78, 5) is 14.3. The van der Waals surface area contributed by atoms with Gasteiger partial charge in [0.15, 0.2) is 0 Å². The van der Waals surface area contributed by atoms with Crippen molar-refractivity contribution in [2.24, 2.45) is 5.73 Å². The first-order chi connectivity index (χ1) is 7.83. The van der Waals surface area contributed by atoms with E-state index >= 15 is 0 Å². The minimum Gasteiger partial charge on any atom is -0.317 e. The number of amides is 1. The third-order valence-corrected chi connectivity index (χ3v) is 5.25. The van der Waals surface area contributed by atoms with Crippen LogP contribution in [0.15, 0.2) is 9.85 Å². The quantitative estimate of drug-likeness (QED) is 0.824. The molecule has 0 aliphatic carbocycles. The van der Waals surface area contributed by atoms with E-state index in [0.29, 0.717) is 11.4 Å². The van der Waals surface area contributed by atoms with E-state index in [4.69, 9.17) is 17.3 Å². The monoisotopic (exact) mass is 337 g/mol. The van der Waals surface area contributed by atoms with E-state index in [1.54, 1.807) is 7.05 Å². The number of hydrogen-bond acceptors (Lipinski definition) is 4. The molecule has 1 unspecified atom stereocenters. The van der Waals surface area contributed by atoms with Crippen LogP contribution in [0.1, 0.15) is 18.2 Å². The molecule has 1 saturated heterocycles. The summed E-state index contributed by atoms with van der Waals surface area (Å²) in [5, 5.41) is 3.89. The van der Waals surface area contributed by atoms with Gasteiger partial charge in [0, 0.05) is 18.3 Å². The molecule has 1 aromatic rings. The zero-order chi connectivity index (χ0) is 12.8. The molecule has 1 aromatic heterocycles. The van der Waals surface area contributed by atoms with Crippen molar-refractivity contribution >= 4 is 44.8 Å². The van der Waals surface area contributed by atoms with Crippen molar-refractivity contribution in [1.29, 1.82) is 0 Å². The number of nitrogens with one attached hydrogen (secondary N) is 1. The molecule has 94 valence electrons. The van der Waals surface area contributed by atoms with Gasteiger partial charge in [-0.2, -0.15) is 0 Å². The van der Waals surface area contributed by atoms with Gasteiger partial charge in [-0.25, -0.2) is 0 Å². The number of halogens is 2. The fourth-order valence-electron chi connectivity index (χ4n) is 1.92. The fourth-order valence-corrected chi connectivity index (χ4v) is 4.15. The van der Waals surface area contributed by atoms with Crippen LogP contribution in [0.2, 0.25) is 5.02 Å². The molecule has 1 aliphatic rings. The Morgan fingerprint density at radius 3 is 2.88 bits per heavy atom. The zero-order valence-corrected chi connectivity index (χ0v) is 12.6. The maximum absolute atomic E-state index is 11.9. The molecule has 0 spiro atoms. The van der Waals surface area contributed by atoms with E-state index in [2.05, 4.69) is 21.2 Å². The van der Waals surface area contributed by atoms with Crippen molar-refractivity contribution in [2.75, 3.05) is 7.05 Å². The molecular weight excluding hydrogens is 326 g/mol. The van der Waals surface area contributed by atoms with Crippen LogP contribution in [0.5, 0.6) is 0 Å². The van der Waals surface area contributed by atoms with Crippen LogP contribution in [-0.4, -0.2) is 24.1 Å². The van der Waals surface area contributed by atoms with Gasteiger partial charge >= 0.3 is 0 Å². The van der Waals surface area contributed by atoms with Gasteiger partial charge in [-0.15, -0.1) is 11.3 Å². The lowest BCUT2D eigenvalue weighted by atomic mass is 9.93. The van der Waals surface area contributed by atoms with Gasteiger partial charge in [-0.1, -0.05) is 11.6 Å². The van der Waals surface area contributed by atoms with Crippen LogP contribution in [0.3, 0.4) is 0 Å². The number of rotatable bonds is 1. The van der Waals surface area contributed by atoms with Gasteiger partial charge in [0.2, 0.25) is 5.91 Å². The summed E-state index contributed by atoms with van der Waals surface area (Å²) >= 11 is 11.1. The Morgan fingerprint density at radius 1 is 1.76 bits per heavy atom. The Kier molecular flexibility index (Phi) is 3.53. The lowest BCUT2D eigenvalue weighted by Crippen LogP contribution is -2.64. The minimum absolute atomic E-state index is 0.0133. The number of nitrogens with zero attached hydrogens (tertiary/aromatic N) is 1. The lowest BCUT2D eigenvalue weighted by molar-refractivity contribution is -0.139. The molecule has 1 aliphatic heterocycles. The Labute approximate surface area is 117 Å². The summed E-state index contributed by atoms with van der Waals surface area (Å²) in [6.45, 7) is 1.95. The molecule has 2 atom stereocenters. The van der Waals surface area contributed by atoms with Crippen molar-refractivity contribution < 1.29 is 4.79 Å². The second kappa shape index (κ2) is 4.51. The van der Waals surface area contributed by atoms with Crippen molar-refractivity contribution in [3.05, 3.63) is 19.8 Å². The number of hydrogen-bond donors (Lipinski definition) is 2. The molecule has 1 fully saturated rings. The first-order valence-electron chi connectivity index (χ1n) is 5.08. The Balaban J connectivity index is 2.37. The molecule has 4 nitrogen and oxygen atoms in total. The molecule has 2 rings (SSSR count). The number of thiophene rings is 1. The topological polar surface area (TPSA) is 58.4 Å². The van der Waals surface area contributed by atoms with Crippen LogP contribution >= 0.6 is 38.9 Å². The maximum atomic E-state index is 11.9. The maximum Gasteiger partial charge on any atom is 0.226 e. The van der Waals surface area contributed by atoms with Crippen LogP contribution in [-0.2, 0) is 10.3 Å². The van der Waals surface area contributed by atoms with E-state index < -0.39 is 11.8 Å². The van der Waals surface area contributed by atoms with Gasteiger partial charge in [-0.3, -0.25) is 15.8 Å². The van der Waals surface area contributed by atoms with Gasteiger partial charge < -0.3 is 4.90 Å². The normalized spacial score (nSPS) is 29.8. The van der Waals surface area contributed by atoms with Crippen molar-refractivity contribution in [3.8, 4) is 0 Å². The third kappa shape index (κ3) is 2.37. The SMILES string of the molecule is CN1C(=O)C[C@@](C)(c2sc(Br)cc2Cl)NC1N. The summed E-state index contributed by atoms with van der Waals surface area (Å²) in [5.74, 6) is 0.0133. The minimum atomic E-state index is -0.503. The van der Waals surface area contributed by atoms with Crippen molar-refractivity contribution in [2.45, 2.75) is 25.2 Å². The number of nitrogens with two attached hydrogens (primary N) is 1. The van der Waals surface area contributed by atoms with Crippen LogP contribution in [0.25, 0.3) is 0 Å². The van der Waals surface area contributed by atoms with Crippen LogP contribution in [0, 0.1) is 0 Å². The number of carbonyl (C=O) groups is 1. The number of carbonyl (C=O) groups excluding carboxylic acids is 1. The second-order valence-corrected chi connectivity index (χ2v) is 7.17. The molecule has 1 amide bonds. The fraction of sp³-hybridized carbons (Fsp3) is 0.500. The lowest BCUT2D eigenvalue weighted by Gasteiger charge is -2.42. The van der Waals surface area contributed by atoms with Gasteiger partial charge in [0.25, 0.3) is 0 Å². The summed E-state index contributed by atoms with van der Waals surface area (Å²) in [7, 11) is 1.69. The first kappa shape index (κ1) is 13.3. The summed E-state index contributed by atoms with van der Waals surface area (Å²) < 4.78 is 0.945. The first-order valence-corrected chi connectivity index (χ1v) is 7.06. The Hall–Kier alpha value is -0.140. The second-order valence-electron chi connectivity index (χ2n) is 4.33. The molecule has 0 saturated carbocycles. The highest BCUT2D eigenvalue weighted by Crippen LogP contribution is 2.41. The molecule has 0 aromatic carbocycles. The van der Waals surface area contributed by atoms with Crippen molar-refractivity contribution in [3.63, 3.8) is 0 Å². The van der Waals surface area contributed by atoms with Crippen molar-refractivity contribution in [1.82, 2.24) is 10.2 Å². The van der Waals surface area contributed by atoms with E-state index in [9.17, 15) is 4.79 Å². The molecule has 3 N–H and O–H groups in total. The standard InChI is InChI=1S/C10H13BrClN3OS/c1-10(8-5(12)3-6(11)17-8)4-7(16)15(2)9(13)14-10/h3,9,14H,4,13H2,1-2H3/t9?,10-/m0/s1. The molecule has 17 heavy (non-hydrogen) atoms. The highest BCUT2D eigenvalue weighted by Gasteiger charge is 2.40. The molecule has 0 bridgehead atoms. The molecular formula is C10H13BrClN3OS. The zero-order valence-electron chi connectivity index (χ0n) is 9.46. The van der Waals surface area contributed by atoms with Crippen LogP contribution < -0.4 is 11.1 Å². The highest BCUT2D eigenvalue weighted by molar-refractivity contribution is 9.11. The van der Waals surface area contributed by atoms with E-state index in [0.717, 1.165) is 8.66 Å². The van der Waals surface area contributed by atoms with E-state index in [1.165, 1.54) is 16.2 Å². The van der Waals surface area contributed by atoms with Crippen LogP contribution in [0.4, 0.5) is 0 Å². The summed E-state index contributed by atoms with van der Waals surface area (Å²) in [5.41, 5.74) is 5.38. The predicted molar refractivity (Wildman–Crippen MR) is 72.9 cm³/mol. The van der Waals surface area contributed by atoms with E-state index in [-0.39, 0.29) is 5.91 Å². The third-order valence-electron chi connectivity index (χ3n) is 2.94. The predicted octanol–water partition coefficient (Wildman–Crippen LogP) is 2.07. The Bertz CT molecular complexity index is 466. The molecule has 2 heterocycles. The molecule has 0 radical (unpaired) electrons. The van der Waals surface area contributed by atoms with Gasteiger partial charge in [0.05, 0.1) is 14.3 Å². The average molecular weight is 339 g/mol. The Morgan fingerprint density at radius 2 is 2.41 bits per heavy atom. The average Bonchev–Trinajstić information content (AvgIpc) is 2.55. The summed E-state index contributed by atoms with van der Waals surface area (Å²) in [6.07, 6.45) is -0.137. The van der Waals surface area contributed by atoms with Gasteiger partial charge in [-0.05, 0) is 28.9 Å². The smallest absolute Gasteiger partial charge is 0.226 e.